The Morgan fingerprint density at radius 1 is 1.20 bits per heavy atom. The molecule has 0 saturated carbocycles. The average molecular weight is 351 g/mol. The van der Waals surface area contributed by atoms with Gasteiger partial charge in [-0.2, -0.15) is 0 Å². The lowest BCUT2D eigenvalue weighted by molar-refractivity contribution is 0.0862. The Hall–Kier alpha value is -1.20. The third kappa shape index (κ3) is 3.90. The summed E-state index contributed by atoms with van der Waals surface area (Å²) in [6, 6.07) is 8.09. The van der Waals surface area contributed by atoms with Crippen molar-refractivity contribution in [2.45, 2.75) is 18.7 Å². The van der Waals surface area contributed by atoms with Crippen LogP contribution in [0.1, 0.15) is 24.2 Å². The van der Waals surface area contributed by atoms with Crippen LogP contribution in [0.2, 0.25) is 0 Å². The smallest absolute Gasteiger partial charge is 0.172 e. The molecule has 0 spiro atoms. The molecule has 0 amide bonds. The predicted octanol–water partition coefficient (Wildman–Crippen LogP) is 4.24. The van der Waals surface area contributed by atoms with Gasteiger partial charge in [-0.15, -0.1) is 11.8 Å². The lowest BCUT2D eigenvalue weighted by atomic mass is 9.87. The second-order valence-electron chi connectivity index (χ2n) is 5.08. The normalized spacial score (nSPS) is 11.3. The molecule has 0 aliphatic heterocycles. The van der Waals surface area contributed by atoms with Crippen molar-refractivity contribution in [3.8, 4) is 0 Å². The van der Waals surface area contributed by atoms with Crippen LogP contribution in [0.15, 0.2) is 52.4 Å². The van der Waals surface area contributed by atoms with Crippen LogP contribution in [-0.4, -0.2) is 21.5 Å². The van der Waals surface area contributed by atoms with E-state index in [-0.39, 0.29) is 5.78 Å². The van der Waals surface area contributed by atoms with Gasteiger partial charge in [0.2, 0.25) is 0 Å². The molecule has 0 aliphatic rings. The minimum absolute atomic E-state index is 0.0720. The molecule has 0 saturated heterocycles. The van der Waals surface area contributed by atoms with E-state index in [1.54, 1.807) is 24.2 Å². The van der Waals surface area contributed by atoms with Crippen molar-refractivity contribution in [2.24, 2.45) is 5.41 Å². The molecule has 2 aromatic rings. The quantitative estimate of drug-likeness (QED) is 0.597. The molecule has 0 bridgehead atoms. The minimum atomic E-state index is -0.456. The molecular weight excluding hydrogens is 336 g/mol. The summed E-state index contributed by atoms with van der Waals surface area (Å²) >= 11 is 5.09. The molecule has 0 aliphatic carbocycles. The Morgan fingerprint density at radius 2 is 1.80 bits per heavy atom. The number of rotatable bonds is 5. The van der Waals surface area contributed by atoms with Crippen LogP contribution in [0.5, 0.6) is 0 Å². The van der Waals surface area contributed by atoms with Crippen LogP contribution < -0.4 is 0 Å². The molecule has 1 heterocycles. The van der Waals surface area contributed by atoms with Crippen molar-refractivity contribution < 1.29 is 4.79 Å². The predicted molar refractivity (Wildman–Crippen MR) is 85.0 cm³/mol. The van der Waals surface area contributed by atoms with Crippen LogP contribution in [-0.2, 0) is 0 Å². The van der Waals surface area contributed by atoms with Crippen LogP contribution in [0.3, 0.4) is 0 Å². The maximum absolute atomic E-state index is 12.4. The first-order valence-electron chi connectivity index (χ1n) is 6.17. The van der Waals surface area contributed by atoms with Crippen LogP contribution in [0.4, 0.5) is 0 Å². The van der Waals surface area contributed by atoms with Gasteiger partial charge in [-0.1, -0.05) is 29.8 Å². The van der Waals surface area contributed by atoms with Gasteiger partial charge in [-0.25, -0.2) is 9.97 Å². The van der Waals surface area contributed by atoms with E-state index in [0.717, 1.165) is 9.37 Å². The Labute approximate surface area is 131 Å². The van der Waals surface area contributed by atoms with Gasteiger partial charge in [-0.3, -0.25) is 4.79 Å². The highest BCUT2D eigenvalue weighted by Gasteiger charge is 2.29. The topological polar surface area (TPSA) is 42.9 Å². The molecular formula is C15H15BrN2OS. The Morgan fingerprint density at radius 3 is 2.40 bits per heavy atom. The minimum Gasteiger partial charge on any atom is -0.293 e. The van der Waals surface area contributed by atoms with E-state index >= 15 is 0 Å². The summed E-state index contributed by atoms with van der Waals surface area (Å²) in [5.74, 6) is 0.783. The van der Waals surface area contributed by atoms with Gasteiger partial charge in [0, 0.05) is 32.9 Å². The number of Topliss-reactive ketones (excluding diaryl/α,β-unsaturated/α-hetero) is 1. The lowest BCUT2D eigenvalue weighted by Crippen LogP contribution is -2.27. The summed E-state index contributed by atoms with van der Waals surface area (Å²) < 4.78 is 1.05. The number of aromatic nitrogens is 2. The highest BCUT2D eigenvalue weighted by molar-refractivity contribution is 9.10. The molecule has 0 N–H and O–H groups in total. The van der Waals surface area contributed by atoms with E-state index in [9.17, 15) is 4.79 Å². The van der Waals surface area contributed by atoms with Crippen LogP contribution in [0.25, 0.3) is 0 Å². The number of hydrogen-bond donors (Lipinski definition) is 0. The van der Waals surface area contributed by atoms with Gasteiger partial charge in [0.05, 0.1) is 5.56 Å². The van der Waals surface area contributed by atoms with E-state index in [2.05, 4.69) is 25.9 Å². The third-order valence-electron chi connectivity index (χ3n) is 2.85. The van der Waals surface area contributed by atoms with Crippen LogP contribution in [0, 0.1) is 5.41 Å². The number of halogens is 1. The standard InChI is InChI=1S/C15H15BrN2OS/c1-15(2,14(19)11-7-17-10-18-8-11)9-20-13-5-3-12(16)4-6-13/h3-8,10H,9H2,1-2H3. The van der Waals surface area contributed by atoms with E-state index in [0.29, 0.717) is 11.3 Å². The van der Waals surface area contributed by atoms with Gasteiger partial charge in [0.25, 0.3) is 0 Å². The molecule has 1 aromatic heterocycles. The lowest BCUT2D eigenvalue weighted by Gasteiger charge is -2.22. The fourth-order valence-corrected chi connectivity index (χ4v) is 2.92. The number of hydrogen-bond acceptors (Lipinski definition) is 4. The monoisotopic (exact) mass is 350 g/mol. The first kappa shape index (κ1) is 15.2. The number of carbonyl (C=O) groups excluding carboxylic acids is 1. The molecule has 0 unspecified atom stereocenters. The SMILES string of the molecule is CC(C)(CSc1ccc(Br)cc1)C(=O)c1cncnc1. The highest BCUT2D eigenvalue weighted by Crippen LogP contribution is 2.31. The Kier molecular flexibility index (Phi) is 4.94. The zero-order valence-corrected chi connectivity index (χ0v) is 13.7. The summed E-state index contributed by atoms with van der Waals surface area (Å²) in [7, 11) is 0. The average Bonchev–Trinajstić information content (AvgIpc) is 2.47. The molecule has 20 heavy (non-hydrogen) atoms. The molecule has 5 heteroatoms. The summed E-state index contributed by atoms with van der Waals surface area (Å²) in [6.45, 7) is 3.91. The van der Waals surface area contributed by atoms with E-state index in [1.165, 1.54) is 6.33 Å². The van der Waals surface area contributed by atoms with Gasteiger partial charge < -0.3 is 0 Å². The summed E-state index contributed by atoms with van der Waals surface area (Å²) in [5, 5.41) is 0. The van der Waals surface area contributed by atoms with Gasteiger partial charge in [0.1, 0.15) is 6.33 Å². The largest absolute Gasteiger partial charge is 0.293 e. The summed E-state index contributed by atoms with van der Waals surface area (Å²) in [5.41, 5.74) is 0.108. The maximum atomic E-state index is 12.4. The van der Waals surface area contributed by atoms with Gasteiger partial charge in [0.15, 0.2) is 5.78 Å². The Bertz CT molecular complexity index is 585. The molecule has 2 rings (SSSR count). The number of nitrogens with zero attached hydrogens (tertiary/aromatic N) is 2. The zero-order valence-electron chi connectivity index (χ0n) is 11.3. The Balaban J connectivity index is 2.03. The number of benzene rings is 1. The van der Waals surface area contributed by atoms with Crippen molar-refractivity contribution in [2.75, 3.05) is 5.75 Å². The van der Waals surface area contributed by atoms with E-state index < -0.39 is 5.41 Å². The first-order valence-corrected chi connectivity index (χ1v) is 7.95. The van der Waals surface area contributed by atoms with Gasteiger partial charge in [-0.05, 0) is 24.3 Å². The molecule has 104 valence electrons. The molecule has 1 aromatic carbocycles. The van der Waals surface area contributed by atoms with Gasteiger partial charge >= 0.3 is 0 Å². The maximum Gasteiger partial charge on any atom is 0.172 e. The van der Waals surface area contributed by atoms with Crippen molar-refractivity contribution in [1.29, 1.82) is 0 Å². The summed E-state index contributed by atoms with van der Waals surface area (Å²) in [6.07, 6.45) is 4.57. The van der Waals surface area contributed by atoms with Crippen LogP contribution >= 0.6 is 27.7 Å². The molecule has 0 atom stereocenters. The second kappa shape index (κ2) is 6.50. The van der Waals surface area contributed by atoms with E-state index in [4.69, 9.17) is 0 Å². The van der Waals surface area contributed by atoms with Crippen molar-refractivity contribution in [1.82, 2.24) is 9.97 Å². The zero-order chi connectivity index (χ0) is 14.6. The number of ketones is 1. The van der Waals surface area contributed by atoms with Crippen molar-refractivity contribution in [3.63, 3.8) is 0 Å². The molecule has 3 nitrogen and oxygen atoms in total. The fourth-order valence-electron chi connectivity index (χ4n) is 1.67. The van der Waals surface area contributed by atoms with Crippen molar-refractivity contribution in [3.05, 3.63) is 53.0 Å². The highest BCUT2D eigenvalue weighted by atomic mass is 79.9. The summed E-state index contributed by atoms with van der Waals surface area (Å²) in [4.78, 5) is 21.4. The number of thioether (sulfide) groups is 1. The second-order valence-corrected chi connectivity index (χ2v) is 7.05. The molecule has 0 radical (unpaired) electrons. The number of carbonyl (C=O) groups is 1. The first-order chi connectivity index (χ1) is 9.49. The van der Waals surface area contributed by atoms with Crippen molar-refractivity contribution >= 4 is 33.5 Å². The fraction of sp³-hybridized carbons (Fsp3) is 0.267. The van der Waals surface area contributed by atoms with E-state index in [1.807, 2.05) is 38.1 Å². The molecule has 0 fully saturated rings. The third-order valence-corrected chi connectivity index (χ3v) is 4.85.